The summed E-state index contributed by atoms with van der Waals surface area (Å²) in [5.41, 5.74) is 3.20. The van der Waals surface area contributed by atoms with Crippen molar-refractivity contribution in [2.24, 2.45) is 0 Å². The molecule has 2 aromatic carbocycles. The summed E-state index contributed by atoms with van der Waals surface area (Å²) in [4.78, 5) is 0. The number of rotatable bonds is 4. The first-order chi connectivity index (χ1) is 9.58. The van der Waals surface area contributed by atoms with Gasteiger partial charge in [-0.15, -0.1) is 11.6 Å². The Morgan fingerprint density at radius 3 is 2.40 bits per heavy atom. The quantitative estimate of drug-likeness (QED) is 0.710. The molecule has 20 heavy (non-hydrogen) atoms. The van der Waals surface area contributed by atoms with Gasteiger partial charge in [-0.3, -0.25) is 0 Å². The Balaban J connectivity index is 2.43. The van der Waals surface area contributed by atoms with Crippen molar-refractivity contribution in [2.75, 3.05) is 14.2 Å². The van der Waals surface area contributed by atoms with Gasteiger partial charge in [-0.05, 0) is 41.8 Å². The van der Waals surface area contributed by atoms with Crippen molar-refractivity contribution < 1.29 is 9.47 Å². The number of methoxy groups -OCH3 is 2. The maximum absolute atomic E-state index is 6.62. The minimum Gasteiger partial charge on any atom is -0.493 e. The van der Waals surface area contributed by atoms with Gasteiger partial charge in [-0.2, -0.15) is 0 Å². The lowest BCUT2D eigenvalue weighted by Crippen LogP contribution is -1.99. The van der Waals surface area contributed by atoms with Gasteiger partial charge >= 0.3 is 0 Å². The monoisotopic (exact) mass is 354 g/mol. The predicted molar refractivity (Wildman–Crippen MR) is 86.1 cm³/mol. The minimum absolute atomic E-state index is 0.229. The Morgan fingerprint density at radius 2 is 1.75 bits per heavy atom. The van der Waals surface area contributed by atoms with Crippen molar-refractivity contribution >= 4 is 27.5 Å². The highest BCUT2D eigenvalue weighted by atomic mass is 79.9. The van der Waals surface area contributed by atoms with E-state index in [2.05, 4.69) is 22.9 Å². The molecule has 0 aliphatic heterocycles. The number of alkyl halides is 1. The molecule has 106 valence electrons. The second-order valence-corrected chi connectivity index (χ2v) is 5.72. The minimum atomic E-state index is -0.229. The second kappa shape index (κ2) is 6.51. The van der Waals surface area contributed by atoms with E-state index in [1.165, 1.54) is 0 Å². The largest absolute Gasteiger partial charge is 0.493 e. The topological polar surface area (TPSA) is 18.5 Å². The summed E-state index contributed by atoms with van der Waals surface area (Å²) in [6, 6.07) is 11.8. The molecule has 0 aromatic heterocycles. The Bertz CT molecular complexity index is 613. The highest BCUT2D eigenvalue weighted by molar-refractivity contribution is 9.10. The fraction of sp³-hybridized carbons (Fsp3) is 0.250. The highest BCUT2D eigenvalue weighted by Crippen LogP contribution is 2.37. The molecule has 0 fully saturated rings. The van der Waals surface area contributed by atoms with Crippen molar-refractivity contribution in [1.29, 1.82) is 0 Å². The number of hydrogen-bond acceptors (Lipinski definition) is 2. The summed E-state index contributed by atoms with van der Waals surface area (Å²) in [6.45, 7) is 2.05. The van der Waals surface area contributed by atoms with E-state index in [4.69, 9.17) is 21.1 Å². The zero-order valence-corrected chi connectivity index (χ0v) is 14.0. The summed E-state index contributed by atoms with van der Waals surface area (Å²) >= 11 is 10.2. The Kier molecular flexibility index (Phi) is 4.95. The molecular weight excluding hydrogens is 340 g/mol. The number of benzene rings is 2. The first kappa shape index (κ1) is 15.2. The van der Waals surface area contributed by atoms with Gasteiger partial charge < -0.3 is 9.47 Å². The molecule has 0 spiro atoms. The lowest BCUT2D eigenvalue weighted by Gasteiger charge is -2.16. The molecule has 2 nitrogen and oxygen atoms in total. The highest BCUT2D eigenvalue weighted by Gasteiger charge is 2.16. The summed E-state index contributed by atoms with van der Waals surface area (Å²) in [7, 11) is 3.24. The summed E-state index contributed by atoms with van der Waals surface area (Å²) < 4.78 is 11.6. The van der Waals surface area contributed by atoms with Crippen molar-refractivity contribution in [3.63, 3.8) is 0 Å². The fourth-order valence-corrected chi connectivity index (χ4v) is 2.84. The van der Waals surface area contributed by atoms with E-state index < -0.39 is 0 Å². The second-order valence-electron chi connectivity index (χ2n) is 4.43. The van der Waals surface area contributed by atoms with E-state index in [-0.39, 0.29) is 5.38 Å². The van der Waals surface area contributed by atoms with Crippen LogP contribution in [-0.4, -0.2) is 14.2 Å². The molecular formula is C16H16BrClO2. The van der Waals surface area contributed by atoms with Crippen LogP contribution in [0.1, 0.15) is 22.1 Å². The smallest absolute Gasteiger partial charge is 0.161 e. The molecule has 1 atom stereocenters. The predicted octanol–water partition coefficient (Wildman–Crippen LogP) is 5.10. The molecule has 0 N–H and O–H groups in total. The molecule has 0 saturated carbocycles. The summed E-state index contributed by atoms with van der Waals surface area (Å²) in [5.74, 6) is 1.38. The third-order valence-corrected chi connectivity index (χ3v) is 4.63. The van der Waals surface area contributed by atoms with Crippen molar-refractivity contribution in [3.05, 3.63) is 57.6 Å². The molecule has 2 aromatic rings. The van der Waals surface area contributed by atoms with E-state index in [1.54, 1.807) is 14.2 Å². The lowest BCUT2D eigenvalue weighted by atomic mass is 10.00. The SMILES string of the molecule is COc1ccc(C(Cl)c2cccc(Br)c2C)cc1OC. The van der Waals surface area contributed by atoms with Crippen LogP contribution in [0, 0.1) is 6.92 Å². The van der Waals surface area contributed by atoms with Gasteiger partial charge in [0.15, 0.2) is 11.5 Å². The summed E-state index contributed by atoms with van der Waals surface area (Å²) in [6.07, 6.45) is 0. The van der Waals surface area contributed by atoms with E-state index in [1.807, 2.05) is 36.4 Å². The van der Waals surface area contributed by atoms with Gasteiger partial charge in [-0.1, -0.05) is 34.1 Å². The van der Waals surface area contributed by atoms with Gasteiger partial charge in [0, 0.05) is 4.47 Å². The van der Waals surface area contributed by atoms with Crippen LogP contribution in [0.4, 0.5) is 0 Å². The fourth-order valence-electron chi connectivity index (χ4n) is 2.09. The molecule has 0 aliphatic rings. The van der Waals surface area contributed by atoms with Gasteiger partial charge in [0.05, 0.1) is 19.6 Å². The average molecular weight is 356 g/mol. The van der Waals surface area contributed by atoms with Gasteiger partial charge in [-0.25, -0.2) is 0 Å². The van der Waals surface area contributed by atoms with Crippen LogP contribution < -0.4 is 9.47 Å². The van der Waals surface area contributed by atoms with Gasteiger partial charge in [0.25, 0.3) is 0 Å². The third-order valence-electron chi connectivity index (χ3n) is 3.28. The van der Waals surface area contributed by atoms with Crippen molar-refractivity contribution in [2.45, 2.75) is 12.3 Å². The zero-order chi connectivity index (χ0) is 14.7. The van der Waals surface area contributed by atoms with Crippen LogP contribution in [0.25, 0.3) is 0 Å². The first-order valence-corrected chi connectivity index (χ1v) is 7.42. The van der Waals surface area contributed by atoms with E-state index in [0.717, 1.165) is 21.2 Å². The maximum Gasteiger partial charge on any atom is 0.161 e. The molecule has 1 unspecified atom stereocenters. The Hall–Kier alpha value is -1.19. The molecule has 0 saturated heterocycles. The Morgan fingerprint density at radius 1 is 1.05 bits per heavy atom. The van der Waals surface area contributed by atoms with Crippen LogP contribution >= 0.6 is 27.5 Å². The lowest BCUT2D eigenvalue weighted by molar-refractivity contribution is 0.354. The molecule has 0 aliphatic carbocycles. The molecule has 0 bridgehead atoms. The number of halogens is 2. The first-order valence-electron chi connectivity index (χ1n) is 6.19. The zero-order valence-electron chi connectivity index (χ0n) is 11.6. The van der Waals surface area contributed by atoms with E-state index in [0.29, 0.717) is 11.5 Å². The molecule has 2 rings (SSSR count). The van der Waals surface area contributed by atoms with E-state index in [9.17, 15) is 0 Å². The van der Waals surface area contributed by atoms with Crippen LogP contribution in [0.3, 0.4) is 0 Å². The molecule has 0 amide bonds. The van der Waals surface area contributed by atoms with Crippen LogP contribution in [-0.2, 0) is 0 Å². The molecule has 0 radical (unpaired) electrons. The van der Waals surface area contributed by atoms with E-state index >= 15 is 0 Å². The normalized spacial score (nSPS) is 12.1. The third kappa shape index (κ3) is 2.94. The summed E-state index contributed by atoms with van der Waals surface area (Å²) in [5, 5.41) is -0.229. The standard InChI is InChI=1S/C16H16BrClO2/c1-10-12(5-4-6-13(10)17)16(18)11-7-8-14(19-2)15(9-11)20-3/h4-9,16H,1-3H3. The molecule has 4 heteroatoms. The van der Waals surface area contributed by atoms with Crippen LogP contribution in [0.15, 0.2) is 40.9 Å². The van der Waals surface area contributed by atoms with Gasteiger partial charge in [0.1, 0.15) is 0 Å². The average Bonchev–Trinajstić information content (AvgIpc) is 2.48. The van der Waals surface area contributed by atoms with Crippen molar-refractivity contribution in [1.82, 2.24) is 0 Å². The van der Waals surface area contributed by atoms with Crippen LogP contribution in [0.2, 0.25) is 0 Å². The molecule has 0 heterocycles. The number of hydrogen-bond donors (Lipinski definition) is 0. The van der Waals surface area contributed by atoms with Crippen molar-refractivity contribution in [3.8, 4) is 11.5 Å². The van der Waals surface area contributed by atoms with Gasteiger partial charge in [0.2, 0.25) is 0 Å². The Labute approximate surface area is 132 Å². The van der Waals surface area contributed by atoms with Crippen LogP contribution in [0.5, 0.6) is 11.5 Å². The number of ether oxygens (including phenoxy) is 2. The maximum atomic E-state index is 6.62.